The van der Waals surface area contributed by atoms with E-state index in [9.17, 15) is 0 Å². The van der Waals surface area contributed by atoms with Gasteiger partial charge in [0.15, 0.2) is 0 Å². The van der Waals surface area contributed by atoms with Gasteiger partial charge in [-0.25, -0.2) is 0 Å². The molecule has 0 aromatic rings. The Kier molecular flexibility index (Phi) is 4.74. The van der Waals surface area contributed by atoms with Gasteiger partial charge in [-0.05, 0) is 44.6 Å². The minimum Gasteiger partial charge on any atom is -0.161 e. The van der Waals surface area contributed by atoms with E-state index in [0.717, 1.165) is 16.4 Å². The second-order valence-electron chi connectivity index (χ2n) is 3.90. The Morgan fingerprint density at radius 2 is 1.77 bits per heavy atom. The molecule has 0 aromatic heterocycles. The lowest BCUT2D eigenvalue weighted by Crippen LogP contribution is -2.29. The van der Waals surface area contributed by atoms with E-state index in [2.05, 4.69) is 26.0 Å². The van der Waals surface area contributed by atoms with Crippen molar-refractivity contribution in [3.63, 3.8) is 0 Å². The van der Waals surface area contributed by atoms with Crippen molar-refractivity contribution in [1.82, 2.24) is 0 Å². The summed E-state index contributed by atoms with van der Waals surface area (Å²) in [7, 11) is 0. The lowest BCUT2D eigenvalue weighted by molar-refractivity contribution is 0.422. The van der Waals surface area contributed by atoms with Crippen molar-refractivity contribution in [3.8, 4) is 0 Å². The molecular weight excluding hydrogens is 196 g/mol. The molecule has 0 bridgehead atoms. The highest BCUT2D eigenvalue weighted by Gasteiger charge is 2.29. The van der Waals surface area contributed by atoms with E-state index in [1.165, 1.54) is 24.8 Å². The summed E-state index contributed by atoms with van der Waals surface area (Å²) < 4.78 is 0. The molecule has 0 N–H and O–H groups in total. The molecule has 3 atom stereocenters. The Bertz CT molecular complexity index is 177. The van der Waals surface area contributed by atoms with Gasteiger partial charge in [0.05, 0.1) is 0 Å². The van der Waals surface area contributed by atoms with E-state index in [1.807, 2.05) is 23.5 Å². The minimum atomic E-state index is 0.792. The molecule has 0 amide bonds. The molecule has 0 aliphatic heterocycles. The molecule has 1 saturated carbocycles. The normalized spacial score (nSPS) is 34.5. The topological polar surface area (TPSA) is 0 Å². The third-order valence-electron chi connectivity index (χ3n) is 3.03. The SMILES string of the molecule is C=C(C)C1CCC(SC)C(SC)C1. The summed E-state index contributed by atoms with van der Waals surface area (Å²) in [5.41, 5.74) is 1.39. The molecule has 0 radical (unpaired) electrons. The van der Waals surface area contributed by atoms with Crippen molar-refractivity contribution in [2.24, 2.45) is 5.92 Å². The Morgan fingerprint density at radius 3 is 2.23 bits per heavy atom. The van der Waals surface area contributed by atoms with E-state index in [1.54, 1.807) is 0 Å². The molecule has 0 nitrogen and oxygen atoms in total. The van der Waals surface area contributed by atoms with Gasteiger partial charge in [0.1, 0.15) is 0 Å². The third-order valence-corrected chi connectivity index (χ3v) is 5.50. The zero-order chi connectivity index (χ0) is 9.84. The van der Waals surface area contributed by atoms with Crippen molar-refractivity contribution in [2.45, 2.75) is 36.7 Å². The molecule has 0 saturated heterocycles. The summed E-state index contributed by atoms with van der Waals surface area (Å²) in [4.78, 5) is 0. The van der Waals surface area contributed by atoms with E-state index < -0.39 is 0 Å². The fourth-order valence-corrected chi connectivity index (χ4v) is 4.38. The van der Waals surface area contributed by atoms with E-state index in [0.29, 0.717) is 0 Å². The fraction of sp³-hybridized carbons (Fsp3) is 0.818. The highest BCUT2D eigenvalue weighted by molar-refractivity contribution is 8.03. The molecule has 1 rings (SSSR count). The van der Waals surface area contributed by atoms with Gasteiger partial charge in [0.2, 0.25) is 0 Å². The van der Waals surface area contributed by atoms with Gasteiger partial charge in [0, 0.05) is 10.5 Å². The molecule has 2 heteroatoms. The van der Waals surface area contributed by atoms with Crippen LogP contribution in [-0.4, -0.2) is 23.0 Å². The average Bonchev–Trinajstić information content (AvgIpc) is 2.16. The molecule has 0 spiro atoms. The smallest absolute Gasteiger partial charge is 0.0169 e. The summed E-state index contributed by atoms with van der Waals surface area (Å²) >= 11 is 4.08. The Balaban J connectivity index is 2.52. The monoisotopic (exact) mass is 216 g/mol. The van der Waals surface area contributed by atoms with Crippen molar-refractivity contribution < 1.29 is 0 Å². The molecule has 1 aliphatic carbocycles. The third kappa shape index (κ3) is 2.95. The lowest BCUT2D eigenvalue weighted by atomic mass is 9.84. The maximum Gasteiger partial charge on any atom is 0.0169 e. The highest BCUT2D eigenvalue weighted by Crippen LogP contribution is 2.39. The van der Waals surface area contributed by atoms with Gasteiger partial charge in [-0.15, -0.1) is 0 Å². The van der Waals surface area contributed by atoms with E-state index in [-0.39, 0.29) is 0 Å². The first-order chi connectivity index (χ1) is 6.19. The molecule has 0 heterocycles. The second-order valence-corrected chi connectivity index (χ2v) is 6.06. The summed E-state index contributed by atoms with van der Waals surface area (Å²) in [6, 6.07) is 0. The number of thioether (sulfide) groups is 2. The average molecular weight is 216 g/mol. The maximum atomic E-state index is 4.08. The predicted molar refractivity (Wildman–Crippen MR) is 66.8 cm³/mol. The first kappa shape index (κ1) is 11.5. The summed E-state index contributed by atoms with van der Waals surface area (Å²) in [5, 5.41) is 1.73. The van der Waals surface area contributed by atoms with Crippen LogP contribution in [-0.2, 0) is 0 Å². The van der Waals surface area contributed by atoms with E-state index in [4.69, 9.17) is 0 Å². The standard InChI is InChI=1S/C11H20S2/c1-8(2)9-5-6-10(12-3)11(7-9)13-4/h9-11H,1,5-7H2,2-4H3. The van der Waals surface area contributed by atoms with Crippen molar-refractivity contribution >= 4 is 23.5 Å². The van der Waals surface area contributed by atoms with Crippen molar-refractivity contribution in [1.29, 1.82) is 0 Å². The molecule has 0 aromatic carbocycles. The molecule has 13 heavy (non-hydrogen) atoms. The zero-order valence-corrected chi connectivity index (χ0v) is 10.5. The van der Waals surface area contributed by atoms with Crippen molar-refractivity contribution in [2.75, 3.05) is 12.5 Å². The molecule has 3 unspecified atom stereocenters. The lowest BCUT2D eigenvalue weighted by Gasteiger charge is -2.34. The van der Waals surface area contributed by atoms with Gasteiger partial charge >= 0.3 is 0 Å². The van der Waals surface area contributed by atoms with Crippen LogP contribution in [0.4, 0.5) is 0 Å². The van der Waals surface area contributed by atoms with Crippen LogP contribution < -0.4 is 0 Å². The summed E-state index contributed by atoms with van der Waals surface area (Å²) in [6.07, 6.45) is 8.58. The Labute approximate surface area is 90.9 Å². The van der Waals surface area contributed by atoms with E-state index >= 15 is 0 Å². The van der Waals surface area contributed by atoms with Crippen LogP contribution in [0.25, 0.3) is 0 Å². The van der Waals surface area contributed by atoms with Crippen LogP contribution in [0.2, 0.25) is 0 Å². The maximum absolute atomic E-state index is 4.08. The number of allylic oxidation sites excluding steroid dienone is 1. The van der Waals surface area contributed by atoms with Gasteiger partial charge in [-0.1, -0.05) is 12.2 Å². The number of hydrogen-bond acceptors (Lipinski definition) is 2. The van der Waals surface area contributed by atoms with Gasteiger partial charge in [0.25, 0.3) is 0 Å². The zero-order valence-electron chi connectivity index (χ0n) is 8.88. The van der Waals surface area contributed by atoms with Gasteiger partial charge in [-0.3, -0.25) is 0 Å². The van der Waals surface area contributed by atoms with Crippen LogP contribution in [0.1, 0.15) is 26.2 Å². The Morgan fingerprint density at radius 1 is 1.15 bits per heavy atom. The van der Waals surface area contributed by atoms with Crippen molar-refractivity contribution in [3.05, 3.63) is 12.2 Å². The van der Waals surface area contributed by atoms with Gasteiger partial charge in [-0.2, -0.15) is 23.5 Å². The quantitative estimate of drug-likeness (QED) is 0.658. The number of hydrogen-bond donors (Lipinski definition) is 0. The molecule has 76 valence electrons. The molecular formula is C11H20S2. The number of rotatable bonds is 3. The Hall–Kier alpha value is 0.440. The van der Waals surface area contributed by atoms with Crippen LogP contribution in [0, 0.1) is 5.92 Å². The predicted octanol–water partition coefficient (Wildman–Crippen LogP) is 3.83. The summed E-state index contributed by atoms with van der Waals surface area (Å²) in [5.74, 6) is 0.792. The van der Waals surface area contributed by atoms with Crippen LogP contribution >= 0.6 is 23.5 Å². The first-order valence-corrected chi connectivity index (χ1v) is 7.47. The van der Waals surface area contributed by atoms with Gasteiger partial charge < -0.3 is 0 Å². The highest BCUT2D eigenvalue weighted by atomic mass is 32.2. The fourth-order valence-electron chi connectivity index (χ4n) is 2.07. The molecule has 1 fully saturated rings. The second kappa shape index (κ2) is 5.35. The van der Waals surface area contributed by atoms with Crippen LogP contribution in [0.15, 0.2) is 12.2 Å². The largest absolute Gasteiger partial charge is 0.161 e. The molecule has 1 aliphatic rings. The van der Waals surface area contributed by atoms with Crippen LogP contribution in [0.5, 0.6) is 0 Å². The first-order valence-electron chi connectivity index (χ1n) is 4.90. The van der Waals surface area contributed by atoms with Crippen LogP contribution in [0.3, 0.4) is 0 Å². The minimum absolute atomic E-state index is 0.792. The summed E-state index contributed by atoms with van der Waals surface area (Å²) in [6.45, 7) is 6.26.